The van der Waals surface area contributed by atoms with Gasteiger partial charge in [0.2, 0.25) is 10.0 Å². The lowest BCUT2D eigenvalue weighted by atomic mass is 10.1. The lowest BCUT2D eigenvalue weighted by molar-refractivity contribution is -0.124. The fourth-order valence-electron chi connectivity index (χ4n) is 1.86. The van der Waals surface area contributed by atoms with Crippen molar-refractivity contribution in [2.24, 2.45) is 0 Å². The molecular weight excluding hydrogens is 292 g/mol. The van der Waals surface area contributed by atoms with Crippen molar-refractivity contribution in [3.63, 3.8) is 0 Å². The van der Waals surface area contributed by atoms with E-state index >= 15 is 0 Å². The number of carbonyl (C=O) groups is 1. The second kappa shape index (κ2) is 5.94. The molecular formula is C14H14N2O4S. The highest BCUT2D eigenvalue weighted by Gasteiger charge is 2.03. The number of rotatable bonds is 4. The van der Waals surface area contributed by atoms with Crippen molar-refractivity contribution in [2.75, 3.05) is 11.0 Å². The average molecular weight is 306 g/mol. The number of sulfonamides is 1. The SMILES string of the molecule is CS(=O)(=O)Nc1ccc2ccc(/C=C/C(=O)NO)cc2c1. The first-order valence-electron chi connectivity index (χ1n) is 6.01. The molecule has 2 aromatic carbocycles. The summed E-state index contributed by atoms with van der Waals surface area (Å²) in [6.07, 6.45) is 3.82. The Kier molecular flexibility index (Phi) is 4.25. The zero-order valence-corrected chi connectivity index (χ0v) is 12.0. The van der Waals surface area contributed by atoms with Crippen molar-refractivity contribution in [2.45, 2.75) is 0 Å². The molecule has 0 aliphatic carbocycles. The molecule has 0 aliphatic heterocycles. The van der Waals surface area contributed by atoms with Crippen LogP contribution in [-0.4, -0.2) is 25.8 Å². The molecule has 0 heterocycles. The van der Waals surface area contributed by atoms with Crippen LogP contribution in [0.4, 0.5) is 5.69 Å². The predicted octanol–water partition coefficient (Wildman–Crippen LogP) is 1.73. The van der Waals surface area contributed by atoms with E-state index in [1.165, 1.54) is 11.6 Å². The van der Waals surface area contributed by atoms with Crippen LogP contribution in [0.2, 0.25) is 0 Å². The molecule has 0 bridgehead atoms. The minimum absolute atomic E-state index is 0.472. The summed E-state index contributed by atoms with van der Waals surface area (Å²) in [5.41, 5.74) is 2.73. The lowest BCUT2D eigenvalue weighted by Crippen LogP contribution is -2.14. The third kappa shape index (κ3) is 4.30. The Balaban J connectivity index is 2.36. The summed E-state index contributed by atoms with van der Waals surface area (Å²) in [6.45, 7) is 0. The first kappa shape index (κ1) is 15.0. The highest BCUT2D eigenvalue weighted by atomic mass is 32.2. The van der Waals surface area contributed by atoms with Crippen molar-refractivity contribution >= 4 is 38.5 Å². The number of anilines is 1. The van der Waals surface area contributed by atoms with Crippen LogP contribution in [0.1, 0.15) is 5.56 Å². The van der Waals surface area contributed by atoms with Crippen LogP contribution in [0.25, 0.3) is 16.8 Å². The van der Waals surface area contributed by atoms with Gasteiger partial charge in [-0.1, -0.05) is 18.2 Å². The van der Waals surface area contributed by atoms with Gasteiger partial charge in [-0.3, -0.25) is 14.7 Å². The molecule has 21 heavy (non-hydrogen) atoms. The van der Waals surface area contributed by atoms with Crippen molar-refractivity contribution < 1.29 is 18.4 Å². The number of hydrogen-bond acceptors (Lipinski definition) is 4. The Labute approximate surface area is 122 Å². The van der Waals surface area contributed by atoms with Gasteiger partial charge in [-0.15, -0.1) is 0 Å². The van der Waals surface area contributed by atoms with Gasteiger partial charge in [-0.25, -0.2) is 13.9 Å². The highest BCUT2D eigenvalue weighted by molar-refractivity contribution is 7.92. The molecule has 2 aromatic rings. The van der Waals surface area contributed by atoms with Crippen molar-refractivity contribution in [1.29, 1.82) is 0 Å². The smallest absolute Gasteiger partial charge is 0.267 e. The molecule has 0 fully saturated rings. The fourth-order valence-corrected chi connectivity index (χ4v) is 2.41. The van der Waals surface area contributed by atoms with Gasteiger partial charge in [0.1, 0.15) is 0 Å². The molecule has 6 nitrogen and oxygen atoms in total. The minimum Gasteiger partial charge on any atom is -0.288 e. The molecule has 7 heteroatoms. The second-order valence-corrected chi connectivity index (χ2v) is 6.25. The number of hydrogen-bond donors (Lipinski definition) is 3. The van der Waals surface area contributed by atoms with E-state index < -0.39 is 15.9 Å². The third-order valence-electron chi connectivity index (χ3n) is 2.70. The van der Waals surface area contributed by atoms with Crippen LogP contribution >= 0.6 is 0 Å². The van der Waals surface area contributed by atoms with Crippen LogP contribution in [0.15, 0.2) is 42.5 Å². The van der Waals surface area contributed by atoms with Crippen molar-refractivity contribution in [3.8, 4) is 0 Å². The Morgan fingerprint density at radius 1 is 1.14 bits per heavy atom. The summed E-state index contributed by atoms with van der Waals surface area (Å²) in [5.74, 6) is -0.623. The Hall–Kier alpha value is -2.38. The lowest BCUT2D eigenvalue weighted by Gasteiger charge is -2.06. The van der Waals surface area contributed by atoms with Gasteiger partial charge in [0, 0.05) is 11.8 Å². The topological polar surface area (TPSA) is 95.5 Å². The maximum absolute atomic E-state index is 11.2. The summed E-state index contributed by atoms with van der Waals surface area (Å²) in [7, 11) is -3.33. The summed E-state index contributed by atoms with van der Waals surface area (Å²) in [6, 6.07) is 10.7. The van der Waals surface area contributed by atoms with Gasteiger partial charge in [0.05, 0.1) is 6.26 Å². The summed E-state index contributed by atoms with van der Waals surface area (Å²) < 4.78 is 24.9. The standard InChI is InChI=1S/C14H14N2O4S/c1-21(19,20)16-13-6-5-11-4-2-10(8-12(11)9-13)3-7-14(17)15-18/h2-9,16,18H,1H3,(H,15,17)/b7-3+. The number of benzene rings is 2. The molecule has 0 spiro atoms. The van der Waals surface area contributed by atoms with E-state index in [4.69, 9.17) is 5.21 Å². The Bertz CT molecular complexity index is 813. The normalized spacial score (nSPS) is 11.7. The third-order valence-corrected chi connectivity index (χ3v) is 3.31. The maximum atomic E-state index is 11.2. The number of nitrogens with one attached hydrogen (secondary N) is 2. The second-order valence-electron chi connectivity index (χ2n) is 4.50. The van der Waals surface area contributed by atoms with Crippen molar-refractivity contribution in [3.05, 3.63) is 48.0 Å². The molecule has 0 unspecified atom stereocenters. The summed E-state index contributed by atoms with van der Waals surface area (Å²) >= 11 is 0. The first-order valence-corrected chi connectivity index (χ1v) is 7.90. The zero-order chi connectivity index (χ0) is 15.5. The minimum atomic E-state index is -3.33. The van der Waals surface area contributed by atoms with Gasteiger partial charge >= 0.3 is 0 Å². The quantitative estimate of drug-likeness (QED) is 0.455. The molecule has 110 valence electrons. The number of fused-ring (bicyclic) bond motifs is 1. The molecule has 0 atom stereocenters. The van der Waals surface area contributed by atoms with E-state index in [0.717, 1.165) is 22.6 Å². The molecule has 2 rings (SSSR count). The first-order chi connectivity index (χ1) is 9.87. The molecule has 0 radical (unpaired) electrons. The van der Waals surface area contributed by atoms with E-state index in [1.807, 2.05) is 18.2 Å². The van der Waals surface area contributed by atoms with Crippen LogP contribution in [0.3, 0.4) is 0 Å². The largest absolute Gasteiger partial charge is 0.288 e. The van der Waals surface area contributed by atoms with Crippen LogP contribution in [0, 0.1) is 0 Å². The maximum Gasteiger partial charge on any atom is 0.267 e. The highest BCUT2D eigenvalue weighted by Crippen LogP contribution is 2.21. The van der Waals surface area contributed by atoms with E-state index in [0.29, 0.717) is 5.69 Å². The van der Waals surface area contributed by atoms with Gasteiger partial charge in [0.15, 0.2) is 0 Å². The van der Waals surface area contributed by atoms with Gasteiger partial charge < -0.3 is 0 Å². The van der Waals surface area contributed by atoms with E-state index in [2.05, 4.69) is 4.72 Å². The number of hydroxylamine groups is 1. The van der Waals surface area contributed by atoms with Crippen molar-refractivity contribution in [1.82, 2.24) is 5.48 Å². The summed E-state index contributed by atoms with van der Waals surface area (Å²) in [5, 5.41) is 10.2. The monoisotopic (exact) mass is 306 g/mol. The fraction of sp³-hybridized carbons (Fsp3) is 0.0714. The predicted molar refractivity (Wildman–Crippen MR) is 81.4 cm³/mol. The van der Waals surface area contributed by atoms with Gasteiger partial charge in [0.25, 0.3) is 5.91 Å². The van der Waals surface area contributed by atoms with Crippen LogP contribution in [0.5, 0.6) is 0 Å². The van der Waals surface area contributed by atoms with E-state index in [1.54, 1.807) is 24.3 Å². The van der Waals surface area contributed by atoms with Gasteiger partial charge in [-0.2, -0.15) is 0 Å². The molecule has 0 aromatic heterocycles. The number of amides is 1. The zero-order valence-electron chi connectivity index (χ0n) is 11.2. The molecule has 3 N–H and O–H groups in total. The number of carbonyl (C=O) groups excluding carboxylic acids is 1. The molecule has 0 aliphatic rings. The van der Waals surface area contributed by atoms with Crippen LogP contribution in [-0.2, 0) is 14.8 Å². The molecule has 0 saturated heterocycles. The van der Waals surface area contributed by atoms with Gasteiger partial charge in [-0.05, 0) is 40.6 Å². The Morgan fingerprint density at radius 3 is 2.52 bits per heavy atom. The molecule has 0 saturated carbocycles. The van der Waals surface area contributed by atoms with Crippen LogP contribution < -0.4 is 10.2 Å². The Morgan fingerprint density at radius 2 is 1.86 bits per heavy atom. The molecule has 1 amide bonds. The average Bonchev–Trinajstić information content (AvgIpc) is 2.42. The summed E-state index contributed by atoms with van der Waals surface area (Å²) in [4.78, 5) is 10.9. The van der Waals surface area contributed by atoms with E-state index in [-0.39, 0.29) is 0 Å². The van der Waals surface area contributed by atoms with E-state index in [9.17, 15) is 13.2 Å².